The van der Waals surface area contributed by atoms with E-state index in [0.29, 0.717) is 23.9 Å². The maximum Gasteiger partial charge on any atom is 0.420 e. The van der Waals surface area contributed by atoms with Gasteiger partial charge in [0.25, 0.3) is 0 Å². The van der Waals surface area contributed by atoms with Crippen LogP contribution in [0.2, 0.25) is 0 Å². The number of aromatic nitrogens is 3. The number of rotatable bonds is 5. The highest BCUT2D eigenvalue weighted by Crippen LogP contribution is 2.41. The quantitative estimate of drug-likeness (QED) is 0.618. The molecule has 0 spiro atoms. The van der Waals surface area contributed by atoms with Gasteiger partial charge in [0.15, 0.2) is 5.65 Å². The molecule has 0 unspecified atom stereocenters. The molecule has 2 fully saturated rings. The van der Waals surface area contributed by atoms with Crippen LogP contribution < -0.4 is 5.32 Å². The van der Waals surface area contributed by atoms with Gasteiger partial charge < -0.3 is 5.32 Å². The average Bonchev–Trinajstić information content (AvgIpc) is 3.56. The second-order valence-electron chi connectivity index (χ2n) is 7.67. The van der Waals surface area contributed by atoms with Crippen LogP contribution in [0.5, 0.6) is 0 Å². The van der Waals surface area contributed by atoms with Crippen LogP contribution in [-0.4, -0.2) is 20.6 Å². The summed E-state index contributed by atoms with van der Waals surface area (Å²) in [6, 6.07) is 5.78. The zero-order valence-corrected chi connectivity index (χ0v) is 14.9. The van der Waals surface area contributed by atoms with Gasteiger partial charge in [-0.15, -0.1) is 10.2 Å². The Morgan fingerprint density at radius 2 is 1.86 bits per heavy atom. The van der Waals surface area contributed by atoms with Crippen molar-refractivity contribution in [3.63, 3.8) is 0 Å². The Morgan fingerprint density at radius 1 is 1.07 bits per heavy atom. The molecule has 2 heterocycles. The topological polar surface area (TPSA) is 42.2 Å². The highest BCUT2D eigenvalue weighted by atomic mass is 19.4. The molecule has 0 aliphatic heterocycles. The summed E-state index contributed by atoms with van der Waals surface area (Å²) < 4.78 is 57.6. The van der Waals surface area contributed by atoms with Crippen molar-refractivity contribution in [1.82, 2.24) is 14.6 Å². The van der Waals surface area contributed by atoms with Crippen molar-refractivity contribution < 1.29 is 17.6 Å². The van der Waals surface area contributed by atoms with Crippen molar-refractivity contribution in [2.24, 2.45) is 5.92 Å². The predicted octanol–water partition coefficient (Wildman–Crippen LogP) is 5.08. The number of nitrogens with one attached hydrogen (secondary N) is 1. The molecule has 8 heteroatoms. The number of benzene rings is 1. The Bertz CT molecular complexity index is 1050. The van der Waals surface area contributed by atoms with Gasteiger partial charge in [-0.2, -0.15) is 13.2 Å². The van der Waals surface area contributed by atoms with Gasteiger partial charge in [0.05, 0.1) is 5.69 Å². The molecule has 2 aromatic heterocycles. The number of alkyl halides is 3. The first kappa shape index (κ1) is 17.5. The third kappa shape index (κ3) is 3.21. The summed E-state index contributed by atoms with van der Waals surface area (Å²) in [5, 5.41) is 10.9. The first-order valence-corrected chi connectivity index (χ1v) is 9.40. The number of hydrogen-bond acceptors (Lipinski definition) is 3. The summed E-state index contributed by atoms with van der Waals surface area (Å²) >= 11 is 0. The van der Waals surface area contributed by atoms with E-state index in [1.54, 1.807) is 6.20 Å². The minimum absolute atomic E-state index is 0.0951. The summed E-state index contributed by atoms with van der Waals surface area (Å²) in [5.74, 6) is 0.444. The molecule has 2 aliphatic rings. The average molecular weight is 390 g/mol. The van der Waals surface area contributed by atoms with Gasteiger partial charge in [-0.1, -0.05) is 6.07 Å². The third-order valence-corrected chi connectivity index (χ3v) is 5.32. The molecule has 4 nitrogen and oxygen atoms in total. The molecular formula is C20H18F4N4. The maximum atomic E-state index is 14.4. The van der Waals surface area contributed by atoms with Crippen LogP contribution >= 0.6 is 0 Å². The van der Waals surface area contributed by atoms with Crippen LogP contribution in [-0.2, 0) is 12.6 Å². The smallest absolute Gasteiger partial charge is 0.380 e. The monoisotopic (exact) mass is 390 g/mol. The molecule has 0 bridgehead atoms. The van der Waals surface area contributed by atoms with Gasteiger partial charge in [0.2, 0.25) is 0 Å². The minimum Gasteiger partial charge on any atom is -0.380 e. The molecule has 146 valence electrons. The number of nitrogens with zero attached hydrogens (tertiary/aromatic N) is 3. The molecular weight excluding hydrogens is 372 g/mol. The van der Waals surface area contributed by atoms with Gasteiger partial charge in [0, 0.05) is 18.7 Å². The lowest BCUT2D eigenvalue weighted by atomic mass is 10.00. The molecule has 0 saturated heterocycles. The Kier molecular flexibility index (Phi) is 3.86. The van der Waals surface area contributed by atoms with E-state index in [-0.39, 0.29) is 22.8 Å². The molecule has 28 heavy (non-hydrogen) atoms. The highest BCUT2D eigenvalue weighted by molar-refractivity contribution is 5.75. The molecule has 3 aromatic rings. The standard InChI is InChI=1S/C20H18F4N4/c21-15-10-12(3-6-16(15)25-13-4-5-13)14-7-8-28-17(9-11-1-2-11)26-27-19(28)18(14)20(22,23)24/h3,6-8,10-11,13,25H,1-2,4-5,9H2. The molecule has 0 atom stereocenters. The van der Waals surface area contributed by atoms with Crippen molar-refractivity contribution in [3.05, 3.63) is 47.7 Å². The van der Waals surface area contributed by atoms with E-state index in [1.165, 1.54) is 22.6 Å². The van der Waals surface area contributed by atoms with Crippen LogP contribution in [0.1, 0.15) is 37.1 Å². The number of halogens is 4. The van der Waals surface area contributed by atoms with E-state index in [2.05, 4.69) is 15.5 Å². The second kappa shape index (κ2) is 6.18. The van der Waals surface area contributed by atoms with E-state index >= 15 is 0 Å². The first-order chi connectivity index (χ1) is 13.4. The summed E-state index contributed by atoms with van der Waals surface area (Å²) in [6.45, 7) is 0. The number of hydrogen-bond donors (Lipinski definition) is 1. The fourth-order valence-corrected chi connectivity index (χ4v) is 3.49. The predicted molar refractivity (Wildman–Crippen MR) is 96.5 cm³/mol. The Balaban J connectivity index is 1.61. The zero-order chi connectivity index (χ0) is 19.5. The van der Waals surface area contributed by atoms with Crippen molar-refractivity contribution in [1.29, 1.82) is 0 Å². The van der Waals surface area contributed by atoms with Crippen LogP contribution in [0.4, 0.5) is 23.2 Å². The number of fused-ring (bicyclic) bond motifs is 1. The molecule has 1 aromatic carbocycles. The maximum absolute atomic E-state index is 14.4. The fourth-order valence-electron chi connectivity index (χ4n) is 3.49. The van der Waals surface area contributed by atoms with Gasteiger partial charge in [-0.3, -0.25) is 4.40 Å². The van der Waals surface area contributed by atoms with Crippen molar-refractivity contribution in [3.8, 4) is 11.1 Å². The van der Waals surface area contributed by atoms with E-state index in [9.17, 15) is 17.6 Å². The second-order valence-corrected chi connectivity index (χ2v) is 7.67. The Hall–Kier alpha value is -2.64. The molecule has 1 N–H and O–H groups in total. The zero-order valence-electron chi connectivity index (χ0n) is 14.9. The summed E-state index contributed by atoms with van der Waals surface area (Å²) in [4.78, 5) is 0. The number of anilines is 1. The van der Waals surface area contributed by atoms with Crippen LogP contribution in [0.15, 0.2) is 30.5 Å². The van der Waals surface area contributed by atoms with Gasteiger partial charge >= 0.3 is 6.18 Å². The highest BCUT2D eigenvalue weighted by Gasteiger charge is 2.38. The lowest BCUT2D eigenvalue weighted by molar-refractivity contribution is -0.136. The summed E-state index contributed by atoms with van der Waals surface area (Å²) in [5.41, 5.74) is -0.731. The van der Waals surface area contributed by atoms with Crippen molar-refractivity contribution >= 4 is 11.3 Å². The van der Waals surface area contributed by atoms with Gasteiger partial charge in [-0.25, -0.2) is 4.39 Å². The Morgan fingerprint density at radius 3 is 2.50 bits per heavy atom. The minimum atomic E-state index is -4.64. The van der Waals surface area contributed by atoms with Crippen molar-refractivity contribution in [2.45, 2.75) is 44.3 Å². The van der Waals surface area contributed by atoms with Crippen LogP contribution in [0.25, 0.3) is 16.8 Å². The lowest BCUT2D eigenvalue weighted by Gasteiger charge is -2.15. The first-order valence-electron chi connectivity index (χ1n) is 9.40. The number of pyridine rings is 1. The third-order valence-electron chi connectivity index (χ3n) is 5.32. The van der Waals surface area contributed by atoms with Gasteiger partial charge in [0.1, 0.15) is 17.2 Å². The van der Waals surface area contributed by atoms with E-state index in [0.717, 1.165) is 31.7 Å². The lowest BCUT2D eigenvalue weighted by Crippen LogP contribution is -2.11. The summed E-state index contributed by atoms with van der Waals surface area (Å²) in [6.07, 6.45) is 1.63. The van der Waals surface area contributed by atoms with E-state index < -0.39 is 17.6 Å². The largest absolute Gasteiger partial charge is 0.420 e. The molecule has 0 amide bonds. The fraction of sp³-hybridized carbons (Fsp3) is 0.400. The van der Waals surface area contributed by atoms with E-state index in [4.69, 9.17) is 0 Å². The van der Waals surface area contributed by atoms with Crippen LogP contribution in [0.3, 0.4) is 0 Å². The Labute approximate surface area is 158 Å². The molecule has 2 aliphatic carbocycles. The van der Waals surface area contributed by atoms with Crippen LogP contribution in [0, 0.1) is 11.7 Å². The summed E-state index contributed by atoms with van der Waals surface area (Å²) in [7, 11) is 0. The SMILES string of the molecule is Fc1cc(-c2ccn3c(CC4CC4)nnc3c2C(F)(F)F)ccc1NC1CC1. The van der Waals surface area contributed by atoms with E-state index in [1.807, 2.05) is 0 Å². The molecule has 5 rings (SSSR count). The van der Waals surface area contributed by atoms with Gasteiger partial charge in [-0.05, 0) is 60.9 Å². The molecule has 0 radical (unpaired) electrons. The molecule has 2 saturated carbocycles. The van der Waals surface area contributed by atoms with Crippen molar-refractivity contribution in [2.75, 3.05) is 5.32 Å². The normalized spacial score (nSPS) is 17.3.